The van der Waals surface area contributed by atoms with Gasteiger partial charge in [-0.05, 0) is 55.3 Å². The fourth-order valence-corrected chi connectivity index (χ4v) is 3.60. The van der Waals surface area contributed by atoms with E-state index in [-0.39, 0.29) is 23.8 Å². The van der Waals surface area contributed by atoms with Gasteiger partial charge < -0.3 is 4.90 Å². The Morgan fingerprint density at radius 3 is 2.23 bits per heavy atom. The first-order chi connectivity index (χ1) is 14.1. The summed E-state index contributed by atoms with van der Waals surface area (Å²) in [6.07, 6.45) is -1.44. The third-order valence-electron chi connectivity index (χ3n) is 5.35. The number of hydrogen-bond donors (Lipinski definition) is 0. The molecule has 2 aromatic rings. The highest BCUT2D eigenvalue weighted by Crippen LogP contribution is 2.29. The van der Waals surface area contributed by atoms with E-state index in [1.54, 1.807) is 17.0 Å². The van der Waals surface area contributed by atoms with Crippen molar-refractivity contribution < 1.29 is 22.4 Å². The zero-order chi connectivity index (χ0) is 21.9. The molecule has 0 aromatic heterocycles. The topological polar surface area (TPSA) is 23.6 Å². The van der Waals surface area contributed by atoms with Crippen molar-refractivity contribution in [3.63, 3.8) is 0 Å². The van der Waals surface area contributed by atoms with Crippen LogP contribution in [0.4, 0.5) is 17.6 Å². The van der Waals surface area contributed by atoms with Gasteiger partial charge in [0, 0.05) is 37.8 Å². The van der Waals surface area contributed by atoms with Gasteiger partial charge in [-0.15, -0.1) is 0 Å². The largest absolute Gasteiger partial charge is 0.416 e. The molecule has 1 heterocycles. The van der Waals surface area contributed by atoms with Crippen LogP contribution in [0.5, 0.6) is 0 Å². The molecule has 3 rings (SSSR count). The maximum Gasteiger partial charge on any atom is 0.416 e. The highest BCUT2D eigenvalue weighted by Gasteiger charge is 2.31. The van der Waals surface area contributed by atoms with E-state index in [0.717, 1.165) is 17.7 Å². The lowest BCUT2D eigenvalue weighted by atomic mass is 10.1. The Labute approximate surface area is 173 Å². The Morgan fingerprint density at radius 1 is 1.00 bits per heavy atom. The molecule has 0 saturated carbocycles. The summed E-state index contributed by atoms with van der Waals surface area (Å²) in [7, 11) is 0. The fraction of sp³-hybridized carbons (Fsp3) is 0.348. The molecular formula is C23H24F4N2O. The van der Waals surface area contributed by atoms with Gasteiger partial charge in [0.05, 0.1) is 5.56 Å². The minimum absolute atomic E-state index is 0.0218. The number of amides is 1. The number of benzene rings is 2. The molecule has 0 N–H and O–H groups in total. The van der Waals surface area contributed by atoms with Gasteiger partial charge in [0.25, 0.3) is 0 Å². The van der Waals surface area contributed by atoms with Crippen molar-refractivity contribution in [1.29, 1.82) is 0 Å². The van der Waals surface area contributed by atoms with E-state index < -0.39 is 11.7 Å². The molecule has 1 aliphatic heterocycles. The number of halogens is 4. The van der Waals surface area contributed by atoms with Crippen molar-refractivity contribution in [2.24, 2.45) is 0 Å². The number of piperazine rings is 1. The third-order valence-corrected chi connectivity index (χ3v) is 5.35. The van der Waals surface area contributed by atoms with Gasteiger partial charge in [-0.25, -0.2) is 4.39 Å². The monoisotopic (exact) mass is 420 g/mol. The number of carbonyl (C=O) groups excluding carboxylic acids is 1. The summed E-state index contributed by atoms with van der Waals surface area (Å²) in [5.74, 6) is -0.439. The predicted octanol–water partition coefficient (Wildman–Crippen LogP) is 4.98. The molecule has 0 radical (unpaired) electrons. The summed E-state index contributed by atoms with van der Waals surface area (Å²) in [6.45, 7) is 5.90. The number of alkyl halides is 3. The highest BCUT2D eigenvalue weighted by molar-refractivity contribution is 5.92. The molecule has 0 bridgehead atoms. The smallest absolute Gasteiger partial charge is 0.334 e. The third kappa shape index (κ3) is 5.48. The van der Waals surface area contributed by atoms with Gasteiger partial charge >= 0.3 is 6.18 Å². The molecule has 0 spiro atoms. The molecule has 3 nitrogen and oxygen atoms in total. The molecule has 7 heteroatoms. The Hall–Kier alpha value is -2.67. The van der Waals surface area contributed by atoms with Gasteiger partial charge in [-0.2, -0.15) is 13.2 Å². The summed E-state index contributed by atoms with van der Waals surface area (Å²) < 4.78 is 51.0. The first-order valence-corrected chi connectivity index (χ1v) is 9.78. The summed E-state index contributed by atoms with van der Waals surface area (Å²) in [5.41, 5.74) is 0.829. The highest BCUT2D eigenvalue weighted by atomic mass is 19.4. The zero-order valence-corrected chi connectivity index (χ0v) is 16.9. The van der Waals surface area contributed by atoms with Crippen LogP contribution >= 0.6 is 0 Å². The Balaban J connectivity index is 1.60. The summed E-state index contributed by atoms with van der Waals surface area (Å²) >= 11 is 0. The number of nitrogens with zero attached hydrogens (tertiary/aromatic N) is 2. The summed E-state index contributed by atoms with van der Waals surface area (Å²) in [6, 6.07) is 11.2. The maximum atomic E-state index is 13.1. The maximum absolute atomic E-state index is 13.1. The van der Waals surface area contributed by atoms with Crippen LogP contribution in [0.2, 0.25) is 0 Å². The lowest BCUT2D eigenvalue weighted by molar-refractivity contribution is -0.137. The lowest BCUT2D eigenvalue weighted by Gasteiger charge is -2.44. The van der Waals surface area contributed by atoms with Gasteiger partial charge in [-0.3, -0.25) is 9.69 Å². The van der Waals surface area contributed by atoms with Crippen molar-refractivity contribution in [2.75, 3.05) is 13.1 Å². The lowest BCUT2D eigenvalue weighted by Crippen LogP contribution is -2.57. The minimum Gasteiger partial charge on any atom is -0.334 e. The number of hydrogen-bond acceptors (Lipinski definition) is 2. The van der Waals surface area contributed by atoms with Crippen LogP contribution in [0, 0.1) is 5.82 Å². The first kappa shape index (κ1) is 22.0. The molecule has 1 saturated heterocycles. The standard InChI is InChI=1S/C23H24F4N2O/c1-16-14-29(17(2)13-28(16)15-19-5-10-21(24)11-6-19)22(30)12-7-18-3-8-20(9-4-18)23(25,26)27/h3-12,16-17H,13-15H2,1-2H3/b12-7+/t16-,17+/m0/s1. The molecule has 30 heavy (non-hydrogen) atoms. The van der Waals surface area contributed by atoms with E-state index in [2.05, 4.69) is 4.90 Å². The second-order valence-electron chi connectivity index (χ2n) is 7.70. The average Bonchev–Trinajstić information content (AvgIpc) is 2.70. The second kappa shape index (κ2) is 9.00. The Morgan fingerprint density at radius 2 is 1.63 bits per heavy atom. The normalized spacial score (nSPS) is 20.7. The van der Waals surface area contributed by atoms with Crippen molar-refractivity contribution in [3.8, 4) is 0 Å². The van der Waals surface area contributed by atoms with E-state index in [9.17, 15) is 22.4 Å². The molecule has 2 atom stereocenters. The van der Waals surface area contributed by atoms with Gasteiger partial charge in [-0.1, -0.05) is 24.3 Å². The second-order valence-corrected chi connectivity index (χ2v) is 7.70. The van der Waals surface area contributed by atoms with E-state index in [1.165, 1.54) is 36.4 Å². The summed E-state index contributed by atoms with van der Waals surface area (Å²) in [4.78, 5) is 16.7. The van der Waals surface area contributed by atoms with Crippen LogP contribution in [-0.2, 0) is 17.5 Å². The number of carbonyl (C=O) groups is 1. The molecule has 0 aliphatic carbocycles. The van der Waals surface area contributed by atoms with Crippen molar-refractivity contribution >= 4 is 12.0 Å². The molecule has 0 unspecified atom stereocenters. The van der Waals surface area contributed by atoms with E-state index in [4.69, 9.17) is 0 Å². The van der Waals surface area contributed by atoms with Crippen molar-refractivity contribution in [3.05, 3.63) is 77.1 Å². The molecule has 1 amide bonds. The van der Waals surface area contributed by atoms with Gasteiger partial charge in [0.15, 0.2) is 0 Å². The predicted molar refractivity (Wildman–Crippen MR) is 108 cm³/mol. The Bertz CT molecular complexity index is 891. The molecule has 160 valence electrons. The fourth-order valence-electron chi connectivity index (χ4n) is 3.60. The van der Waals surface area contributed by atoms with E-state index in [0.29, 0.717) is 25.2 Å². The quantitative estimate of drug-likeness (QED) is 0.515. The zero-order valence-electron chi connectivity index (χ0n) is 16.9. The van der Waals surface area contributed by atoms with E-state index >= 15 is 0 Å². The SMILES string of the molecule is C[C@@H]1CN(Cc2ccc(F)cc2)[C@@H](C)CN1C(=O)/C=C/c1ccc(C(F)(F)F)cc1. The summed E-state index contributed by atoms with van der Waals surface area (Å²) in [5, 5.41) is 0. The van der Waals surface area contributed by atoms with Crippen molar-refractivity contribution in [2.45, 2.75) is 38.7 Å². The molecule has 2 aromatic carbocycles. The molecular weight excluding hydrogens is 396 g/mol. The van der Waals surface area contributed by atoms with Crippen molar-refractivity contribution in [1.82, 2.24) is 9.80 Å². The van der Waals surface area contributed by atoms with Gasteiger partial charge in [0.1, 0.15) is 5.82 Å². The van der Waals surface area contributed by atoms with Crippen LogP contribution in [0.15, 0.2) is 54.6 Å². The van der Waals surface area contributed by atoms with Gasteiger partial charge in [0.2, 0.25) is 5.91 Å². The minimum atomic E-state index is -4.38. The first-order valence-electron chi connectivity index (χ1n) is 9.78. The molecule has 1 aliphatic rings. The van der Waals surface area contributed by atoms with Crippen LogP contribution < -0.4 is 0 Å². The van der Waals surface area contributed by atoms with Crippen LogP contribution in [0.3, 0.4) is 0 Å². The van der Waals surface area contributed by atoms with Crippen LogP contribution in [0.25, 0.3) is 6.08 Å². The average molecular weight is 420 g/mol. The van der Waals surface area contributed by atoms with Crippen LogP contribution in [0.1, 0.15) is 30.5 Å². The van der Waals surface area contributed by atoms with Crippen LogP contribution in [-0.4, -0.2) is 40.9 Å². The van der Waals surface area contributed by atoms with E-state index in [1.807, 2.05) is 13.8 Å². The number of rotatable bonds is 4. The molecule has 1 fully saturated rings. The Kier molecular flexibility index (Phi) is 6.61.